The summed E-state index contributed by atoms with van der Waals surface area (Å²) in [5, 5.41) is 4.66. The number of aromatic nitrogens is 2. The van der Waals surface area contributed by atoms with Crippen LogP contribution < -0.4 is 18.9 Å². The zero-order valence-corrected chi connectivity index (χ0v) is 19.5. The first-order valence-corrected chi connectivity index (χ1v) is 10.6. The molecule has 0 atom stereocenters. The van der Waals surface area contributed by atoms with Gasteiger partial charge in [-0.15, -0.1) is 0 Å². The first-order chi connectivity index (χ1) is 16.5. The Morgan fingerprint density at radius 3 is 2.26 bits per heavy atom. The Bertz CT molecular complexity index is 1300. The number of benzene rings is 3. The molecule has 0 amide bonds. The van der Waals surface area contributed by atoms with E-state index in [2.05, 4.69) is 10.1 Å². The Balaban J connectivity index is 1.51. The highest BCUT2D eigenvalue weighted by Gasteiger charge is 2.17. The molecule has 0 unspecified atom stereocenters. The quantitative estimate of drug-likeness (QED) is 0.296. The maximum absolute atomic E-state index is 12.8. The Labute approximate surface area is 201 Å². The fraction of sp³-hybridized carbons (Fsp3) is 0.160. The van der Waals surface area contributed by atoms with E-state index in [1.54, 1.807) is 60.7 Å². The fourth-order valence-corrected chi connectivity index (χ4v) is 3.36. The molecule has 0 saturated carbocycles. The van der Waals surface area contributed by atoms with Crippen molar-refractivity contribution in [2.45, 2.75) is 0 Å². The van der Waals surface area contributed by atoms with E-state index in [9.17, 15) is 4.79 Å². The zero-order chi connectivity index (χ0) is 24.1. The summed E-state index contributed by atoms with van der Waals surface area (Å²) < 4.78 is 27.1. The lowest BCUT2D eigenvalue weighted by molar-refractivity contribution is 0.0916. The highest BCUT2D eigenvalue weighted by Crippen LogP contribution is 2.33. The van der Waals surface area contributed by atoms with Crippen LogP contribution in [0.1, 0.15) is 10.4 Å². The van der Waals surface area contributed by atoms with Crippen LogP contribution in [0.5, 0.6) is 23.0 Å². The summed E-state index contributed by atoms with van der Waals surface area (Å²) in [6, 6.07) is 17.2. The number of ketones is 1. The van der Waals surface area contributed by atoms with Gasteiger partial charge in [-0.1, -0.05) is 16.8 Å². The number of hydrogen-bond donors (Lipinski definition) is 0. The van der Waals surface area contributed by atoms with Crippen molar-refractivity contribution in [2.24, 2.45) is 0 Å². The molecule has 0 fully saturated rings. The summed E-state index contributed by atoms with van der Waals surface area (Å²) in [6.07, 6.45) is 0. The molecule has 4 rings (SSSR count). The van der Waals surface area contributed by atoms with E-state index in [1.165, 1.54) is 21.3 Å². The van der Waals surface area contributed by atoms with Crippen molar-refractivity contribution < 1.29 is 28.3 Å². The summed E-state index contributed by atoms with van der Waals surface area (Å²) in [7, 11) is 4.53. The molecule has 0 spiro atoms. The molecule has 0 N–H and O–H groups in total. The second-order valence-corrected chi connectivity index (χ2v) is 7.51. The van der Waals surface area contributed by atoms with E-state index in [0.717, 1.165) is 5.56 Å². The molecule has 174 valence electrons. The number of hydrogen-bond acceptors (Lipinski definition) is 8. The lowest BCUT2D eigenvalue weighted by atomic mass is 10.1. The van der Waals surface area contributed by atoms with Crippen molar-refractivity contribution in [1.29, 1.82) is 0 Å². The Morgan fingerprint density at radius 1 is 0.853 bits per heavy atom. The number of methoxy groups -OCH3 is 3. The molecular weight excluding hydrogens is 460 g/mol. The molecule has 1 aromatic heterocycles. The SMILES string of the molecule is COc1ccc(OC)c(C(=O)COc2ccc(-c3noc(-c4ccc(Cl)cc4)n3)cc2OC)c1. The van der Waals surface area contributed by atoms with E-state index in [0.29, 0.717) is 50.9 Å². The maximum Gasteiger partial charge on any atom is 0.258 e. The monoisotopic (exact) mass is 480 g/mol. The Kier molecular flexibility index (Phi) is 6.98. The molecule has 0 radical (unpaired) electrons. The van der Waals surface area contributed by atoms with Crippen molar-refractivity contribution in [2.75, 3.05) is 27.9 Å². The van der Waals surface area contributed by atoms with Crippen LogP contribution in [0, 0.1) is 0 Å². The highest BCUT2D eigenvalue weighted by molar-refractivity contribution is 6.30. The van der Waals surface area contributed by atoms with Gasteiger partial charge in [0.1, 0.15) is 11.5 Å². The molecule has 0 saturated heterocycles. The summed E-state index contributed by atoms with van der Waals surface area (Å²) in [5.74, 6) is 2.27. The molecular formula is C25H21ClN2O6. The predicted molar refractivity (Wildman–Crippen MR) is 126 cm³/mol. The minimum absolute atomic E-state index is 0.220. The van der Waals surface area contributed by atoms with Gasteiger partial charge in [0, 0.05) is 16.1 Å². The average Bonchev–Trinajstić information content (AvgIpc) is 3.37. The van der Waals surface area contributed by atoms with E-state index in [1.807, 2.05) is 0 Å². The van der Waals surface area contributed by atoms with Gasteiger partial charge >= 0.3 is 0 Å². The van der Waals surface area contributed by atoms with Crippen molar-refractivity contribution in [3.63, 3.8) is 0 Å². The third-order valence-corrected chi connectivity index (χ3v) is 5.26. The van der Waals surface area contributed by atoms with Gasteiger partial charge in [-0.3, -0.25) is 4.79 Å². The standard InChI is InChI=1S/C25H21ClN2O6/c1-30-18-9-11-21(31-2)19(13-18)20(29)14-33-22-10-6-16(12-23(22)32-3)24-27-25(34-28-24)15-4-7-17(26)8-5-15/h4-13H,14H2,1-3H3. The van der Waals surface area contributed by atoms with Gasteiger partial charge in [-0.2, -0.15) is 4.98 Å². The molecule has 34 heavy (non-hydrogen) atoms. The largest absolute Gasteiger partial charge is 0.497 e. The van der Waals surface area contributed by atoms with Crippen molar-refractivity contribution in [1.82, 2.24) is 10.1 Å². The van der Waals surface area contributed by atoms with Crippen molar-refractivity contribution >= 4 is 17.4 Å². The van der Waals surface area contributed by atoms with Crippen LogP contribution in [0.4, 0.5) is 0 Å². The third kappa shape index (κ3) is 4.97. The highest BCUT2D eigenvalue weighted by atomic mass is 35.5. The van der Waals surface area contributed by atoms with E-state index in [-0.39, 0.29) is 12.4 Å². The average molecular weight is 481 g/mol. The second-order valence-electron chi connectivity index (χ2n) is 7.07. The van der Waals surface area contributed by atoms with E-state index in [4.69, 9.17) is 35.1 Å². The zero-order valence-electron chi connectivity index (χ0n) is 18.7. The number of carbonyl (C=O) groups is 1. The molecule has 0 aliphatic carbocycles. The van der Waals surface area contributed by atoms with Crippen molar-refractivity contribution in [3.8, 4) is 45.8 Å². The first kappa shape index (κ1) is 23.1. The molecule has 0 aliphatic heterocycles. The van der Waals surface area contributed by atoms with Crippen LogP contribution in [-0.4, -0.2) is 43.9 Å². The van der Waals surface area contributed by atoms with Crippen LogP contribution in [0.25, 0.3) is 22.8 Å². The van der Waals surface area contributed by atoms with Crippen LogP contribution in [-0.2, 0) is 0 Å². The topological polar surface area (TPSA) is 92.9 Å². The molecule has 3 aromatic carbocycles. The van der Waals surface area contributed by atoms with Crippen LogP contribution in [0.15, 0.2) is 65.2 Å². The number of ether oxygens (including phenoxy) is 4. The van der Waals surface area contributed by atoms with Gasteiger partial charge in [0.15, 0.2) is 18.1 Å². The molecule has 0 bridgehead atoms. The number of nitrogens with zero attached hydrogens (tertiary/aromatic N) is 2. The van der Waals surface area contributed by atoms with Gasteiger partial charge in [-0.05, 0) is 60.7 Å². The first-order valence-electron chi connectivity index (χ1n) is 10.2. The number of rotatable bonds is 9. The number of carbonyl (C=O) groups excluding carboxylic acids is 1. The van der Waals surface area contributed by atoms with Crippen LogP contribution >= 0.6 is 11.6 Å². The van der Waals surface area contributed by atoms with Gasteiger partial charge in [0.25, 0.3) is 5.89 Å². The Morgan fingerprint density at radius 2 is 1.56 bits per heavy atom. The normalized spacial score (nSPS) is 10.6. The molecule has 0 aliphatic rings. The number of halogens is 1. The summed E-state index contributed by atoms with van der Waals surface area (Å²) in [4.78, 5) is 17.2. The molecule has 9 heteroatoms. The van der Waals surface area contributed by atoms with Crippen molar-refractivity contribution in [3.05, 3.63) is 71.2 Å². The second kappa shape index (κ2) is 10.3. The summed E-state index contributed by atoms with van der Waals surface area (Å²) in [6.45, 7) is -0.220. The van der Waals surface area contributed by atoms with E-state index < -0.39 is 0 Å². The van der Waals surface area contributed by atoms with Crippen LogP contribution in [0.2, 0.25) is 5.02 Å². The fourth-order valence-electron chi connectivity index (χ4n) is 3.23. The van der Waals surface area contributed by atoms with Gasteiger partial charge in [0.05, 0.1) is 26.9 Å². The molecule has 8 nitrogen and oxygen atoms in total. The lowest BCUT2D eigenvalue weighted by Gasteiger charge is -2.13. The number of Topliss-reactive ketones (excluding diaryl/α,β-unsaturated/α-hetero) is 1. The third-order valence-electron chi connectivity index (χ3n) is 5.00. The maximum atomic E-state index is 12.8. The van der Waals surface area contributed by atoms with Crippen LogP contribution in [0.3, 0.4) is 0 Å². The van der Waals surface area contributed by atoms with Gasteiger partial charge in [0.2, 0.25) is 11.6 Å². The minimum atomic E-state index is -0.271. The van der Waals surface area contributed by atoms with E-state index >= 15 is 0 Å². The Hall–Kier alpha value is -4.04. The van der Waals surface area contributed by atoms with Gasteiger partial charge < -0.3 is 23.5 Å². The molecule has 4 aromatic rings. The summed E-state index contributed by atoms with van der Waals surface area (Å²) in [5.41, 5.74) is 1.77. The molecule has 1 heterocycles. The smallest absolute Gasteiger partial charge is 0.258 e. The summed E-state index contributed by atoms with van der Waals surface area (Å²) >= 11 is 5.93. The lowest BCUT2D eigenvalue weighted by Crippen LogP contribution is -2.13. The predicted octanol–water partition coefficient (Wildman–Crippen LogP) is 5.34. The van der Waals surface area contributed by atoms with Gasteiger partial charge in [-0.25, -0.2) is 0 Å². The minimum Gasteiger partial charge on any atom is -0.497 e.